The first-order chi connectivity index (χ1) is 4.20. The van der Waals surface area contributed by atoms with Gasteiger partial charge in [0.25, 0.3) is 6.16 Å². The molecule has 9 heavy (non-hydrogen) atoms. The molecule has 4 heteroatoms. The van der Waals surface area contributed by atoms with Gasteiger partial charge in [-0.3, -0.25) is 0 Å². The predicted octanol–water partition coefficient (Wildman–Crippen LogP) is -0.397. The van der Waals surface area contributed by atoms with Crippen LogP contribution in [-0.2, 0) is 4.84 Å². The Kier molecular flexibility index (Phi) is 3.79. The van der Waals surface area contributed by atoms with E-state index in [1.54, 1.807) is 13.8 Å². The Morgan fingerprint density at radius 3 is 2.11 bits per heavy atom. The average Bonchev–Trinajstić information content (AvgIpc) is 1.82. The molecule has 0 amide bonds. The predicted molar refractivity (Wildman–Crippen MR) is 29.4 cm³/mol. The number of carbonyl (C=O) groups excluding carboxylic acids is 1. The van der Waals surface area contributed by atoms with E-state index in [4.69, 9.17) is 0 Å². The van der Waals surface area contributed by atoms with Crippen LogP contribution in [0.3, 0.4) is 0 Å². The highest BCUT2D eigenvalue weighted by Gasteiger charge is 1.93. The SMILES string of the molecule is CCN(CC)OC(=O)[O-]. The van der Waals surface area contributed by atoms with Gasteiger partial charge < -0.3 is 14.7 Å². The van der Waals surface area contributed by atoms with Gasteiger partial charge >= 0.3 is 0 Å². The molecule has 0 aromatic heterocycles. The number of hydroxylamine groups is 2. The van der Waals surface area contributed by atoms with E-state index in [9.17, 15) is 9.90 Å². The zero-order valence-corrected chi connectivity index (χ0v) is 5.59. The summed E-state index contributed by atoms with van der Waals surface area (Å²) in [5, 5.41) is 11.0. The number of carbonyl (C=O) groups is 1. The third kappa shape index (κ3) is 3.78. The maximum atomic E-state index is 9.75. The average molecular weight is 132 g/mol. The quantitative estimate of drug-likeness (QED) is 0.490. The van der Waals surface area contributed by atoms with Crippen molar-refractivity contribution in [2.45, 2.75) is 13.8 Å². The first kappa shape index (κ1) is 8.23. The van der Waals surface area contributed by atoms with E-state index in [1.165, 1.54) is 5.06 Å². The highest BCUT2D eigenvalue weighted by molar-refractivity contribution is 5.53. The minimum Gasteiger partial charge on any atom is -0.466 e. The Morgan fingerprint density at radius 1 is 1.56 bits per heavy atom. The molecule has 0 N–H and O–H groups in total. The fourth-order valence-corrected chi connectivity index (χ4v) is 0.458. The largest absolute Gasteiger partial charge is 0.466 e. The van der Waals surface area contributed by atoms with Gasteiger partial charge in [0.2, 0.25) is 0 Å². The van der Waals surface area contributed by atoms with Gasteiger partial charge in [-0.15, -0.1) is 0 Å². The minimum atomic E-state index is -1.50. The maximum Gasteiger partial charge on any atom is 0.268 e. The third-order valence-electron chi connectivity index (χ3n) is 0.909. The molecule has 0 aliphatic rings. The van der Waals surface area contributed by atoms with E-state index in [0.717, 1.165) is 0 Å². The Morgan fingerprint density at radius 2 is 2.00 bits per heavy atom. The smallest absolute Gasteiger partial charge is 0.268 e. The number of hydrogen-bond donors (Lipinski definition) is 0. The molecule has 0 spiro atoms. The number of hydrogen-bond acceptors (Lipinski definition) is 4. The molecule has 0 aromatic rings. The summed E-state index contributed by atoms with van der Waals surface area (Å²) in [6.07, 6.45) is -1.50. The van der Waals surface area contributed by atoms with Crippen molar-refractivity contribution >= 4 is 6.16 Å². The molecule has 0 atom stereocenters. The van der Waals surface area contributed by atoms with Crippen molar-refractivity contribution < 1.29 is 14.7 Å². The lowest BCUT2D eigenvalue weighted by atomic mass is 10.6. The summed E-state index contributed by atoms with van der Waals surface area (Å²) in [4.78, 5) is 13.9. The Labute approximate surface area is 54.0 Å². The Balaban J connectivity index is 3.43. The lowest BCUT2D eigenvalue weighted by molar-refractivity contribution is -0.314. The summed E-state index contributed by atoms with van der Waals surface area (Å²) in [6.45, 7) is 4.69. The third-order valence-corrected chi connectivity index (χ3v) is 0.909. The van der Waals surface area contributed by atoms with Gasteiger partial charge in [0.1, 0.15) is 0 Å². The highest BCUT2D eigenvalue weighted by atomic mass is 16.8. The number of rotatable bonds is 3. The summed E-state index contributed by atoms with van der Waals surface area (Å²) in [5.41, 5.74) is 0. The molecule has 0 rings (SSSR count). The van der Waals surface area contributed by atoms with Gasteiger partial charge in [0.15, 0.2) is 0 Å². The van der Waals surface area contributed by atoms with Crippen LogP contribution in [0.15, 0.2) is 0 Å². The van der Waals surface area contributed by atoms with Crippen LogP contribution in [0.25, 0.3) is 0 Å². The van der Waals surface area contributed by atoms with E-state index in [1.807, 2.05) is 0 Å². The molecule has 54 valence electrons. The molecule has 0 saturated heterocycles. The first-order valence-electron chi connectivity index (χ1n) is 2.84. The molecule has 0 bridgehead atoms. The second-order valence-electron chi connectivity index (χ2n) is 1.46. The van der Waals surface area contributed by atoms with Crippen LogP contribution in [-0.4, -0.2) is 24.3 Å². The van der Waals surface area contributed by atoms with Crippen LogP contribution in [0.5, 0.6) is 0 Å². The van der Waals surface area contributed by atoms with Crippen molar-refractivity contribution in [1.29, 1.82) is 0 Å². The molecule has 4 nitrogen and oxygen atoms in total. The summed E-state index contributed by atoms with van der Waals surface area (Å²) in [6, 6.07) is 0. The Bertz CT molecular complexity index is 90.2. The van der Waals surface area contributed by atoms with E-state index in [0.29, 0.717) is 13.1 Å². The van der Waals surface area contributed by atoms with E-state index >= 15 is 0 Å². The zero-order valence-electron chi connectivity index (χ0n) is 5.59. The van der Waals surface area contributed by atoms with Gasteiger partial charge in [0.05, 0.1) is 0 Å². The highest BCUT2D eigenvalue weighted by Crippen LogP contribution is 1.86. The molecule has 0 aliphatic heterocycles. The molecular weight excluding hydrogens is 122 g/mol. The number of nitrogens with zero attached hydrogens (tertiary/aromatic N) is 1. The van der Waals surface area contributed by atoms with Gasteiger partial charge in [-0.05, 0) is 0 Å². The van der Waals surface area contributed by atoms with Crippen LogP contribution in [0.4, 0.5) is 4.79 Å². The van der Waals surface area contributed by atoms with Gasteiger partial charge in [-0.2, -0.15) is 0 Å². The standard InChI is InChI=1S/C5H11NO3/c1-3-6(4-2)9-5(7)8/h3-4H2,1-2H3,(H,7,8)/p-1. The molecule has 0 aliphatic carbocycles. The molecule has 0 heterocycles. The van der Waals surface area contributed by atoms with Crippen LogP contribution in [0, 0.1) is 0 Å². The van der Waals surface area contributed by atoms with Crippen LogP contribution in [0.1, 0.15) is 13.8 Å². The topological polar surface area (TPSA) is 52.6 Å². The molecular formula is C5H10NO3-. The van der Waals surface area contributed by atoms with Crippen molar-refractivity contribution in [2.75, 3.05) is 13.1 Å². The lowest BCUT2D eigenvalue weighted by Gasteiger charge is -2.21. The van der Waals surface area contributed by atoms with Gasteiger partial charge in [-0.1, -0.05) is 13.8 Å². The fraction of sp³-hybridized carbons (Fsp3) is 0.800. The second-order valence-corrected chi connectivity index (χ2v) is 1.46. The molecule has 0 fully saturated rings. The van der Waals surface area contributed by atoms with Gasteiger partial charge in [-0.25, -0.2) is 5.06 Å². The minimum absolute atomic E-state index is 0.546. The summed E-state index contributed by atoms with van der Waals surface area (Å²) in [7, 11) is 0. The first-order valence-corrected chi connectivity index (χ1v) is 2.84. The fourth-order valence-electron chi connectivity index (χ4n) is 0.458. The molecule has 0 aromatic carbocycles. The monoisotopic (exact) mass is 132 g/mol. The number of carboxylic acid groups (broad SMARTS) is 1. The van der Waals surface area contributed by atoms with E-state index in [-0.39, 0.29) is 0 Å². The Hall–Kier alpha value is -0.770. The van der Waals surface area contributed by atoms with Gasteiger partial charge in [0, 0.05) is 13.1 Å². The summed E-state index contributed by atoms with van der Waals surface area (Å²) in [5.74, 6) is 0. The van der Waals surface area contributed by atoms with Crippen molar-refractivity contribution in [2.24, 2.45) is 0 Å². The molecule has 0 saturated carbocycles. The van der Waals surface area contributed by atoms with Crippen molar-refractivity contribution in [3.05, 3.63) is 0 Å². The van der Waals surface area contributed by atoms with Crippen LogP contribution < -0.4 is 5.11 Å². The normalized spacial score (nSPS) is 9.67. The van der Waals surface area contributed by atoms with E-state index < -0.39 is 6.16 Å². The van der Waals surface area contributed by atoms with Crippen molar-refractivity contribution in [3.63, 3.8) is 0 Å². The zero-order chi connectivity index (χ0) is 7.28. The summed E-state index contributed by atoms with van der Waals surface area (Å²) >= 11 is 0. The summed E-state index contributed by atoms with van der Waals surface area (Å²) < 4.78 is 0. The van der Waals surface area contributed by atoms with Crippen LogP contribution in [0.2, 0.25) is 0 Å². The maximum absolute atomic E-state index is 9.75. The molecule has 0 unspecified atom stereocenters. The second kappa shape index (κ2) is 4.14. The van der Waals surface area contributed by atoms with Crippen molar-refractivity contribution in [1.82, 2.24) is 5.06 Å². The molecule has 0 radical (unpaired) electrons. The lowest BCUT2D eigenvalue weighted by Crippen LogP contribution is -2.34. The van der Waals surface area contributed by atoms with Crippen molar-refractivity contribution in [3.8, 4) is 0 Å². The van der Waals surface area contributed by atoms with Crippen LogP contribution >= 0.6 is 0 Å². The van der Waals surface area contributed by atoms with E-state index in [2.05, 4.69) is 4.84 Å².